The molecule has 10 heteroatoms. The monoisotopic (exact) mass is 529 g/mol. The molecular weight excluding hydrogens is 497 g/mol. The Balaban J connectivity index is 1.42. The van der Waals surface area contributed by atoms with Crippen molar-refractivity contribution in [2.45, 2.75) is 45.1 Å². The Morgan fingerprint density at radius 2 is 1.87 bits per heavy atom. The molecule has 1 saturated carbocycles. The summed E-state index contributed by atoms with van der Waals surface area (Å²) in [4.78, 5) is 25.8. The number of methoxy groups -OCH3 is 1. The minimum Gasteiger partial charge on any atom is -0.385 e. The number of hydrogen-bond acceptors (Lipinski definition) is 6. The predicted molar refractivity (Wildman–Crippen MR) is 146 cm³/mol. The summed E-state index contributed by atoms with van der Waals surface area (Å²) in [5.74, 6) is 1.01. The summed E-state index contributed by atoms with van der Waals surface area (Å²) >= 11 is 0. The third-order valence-electron chi connectivity index (χ3n) is 7.30. The van der Waals surface area contributed by atoms with Crippen molar-refractivity contribution < 1.29 is 13.9 Å². The molecular formula is C29H32FN7O2. The van der Waals surface area contributed by atoms with Crippen LogP contribution in [-0.2, 0) is 4.74 Å². The van der Waals surface area contributed by atoms with Crippen LogP contribution in [0, 0.1) is 25.7 Å². The highest BCUT2D eigenvalue weighted by Crippen LogP contribution is 2.40. The van der Waals surface area contributed by atoms with E-state index in [1.165, 1.54) is 12.3 Å². The maximum atomic E-state index is 14.0. The zero-order chi connectivity index (χ0) is 27.4. The van der Waals surface area contributed by atoms with Crippen LogP contribution in [0.5, 0.6) is 0 Å². The van der Waals surface area contributed by atoms with E-state index in [-0.39, 0.29) is 18.0 Å². The molecule has 3 atom stereocenters. The first-order chi connectivity index (χ1) is 18.9. The second-order valence-electron chi connectivity index (χ2n) is 9.93. The molecule has 1 fully saturated rings. The number of aromatic nitrogens is 5. The number of nitrogens with zero attached hydrogens (tertiary/aromatic N) is 5. The molecule has 202 valence electrons. The van der Waals surface area contributed by atoms with E-state index >= 15 is 0 Å². The highest BCUT2D eigenvalue weighted by atomic mass is 19.1. The van der Waals surface area contributed by atoms with Gasteiger partial charge in [0.1, 0.15) is 17.3 Å². The van der Waals surface area contributed by atoms with Gasteiger partial charge in [0.2, 0.25) is 5.95 Å². The number of pyridine rings is 1. The fourth-order valence-corrected chi connectivity index (χ4v) is 5.34. The number of nitrogens with one attached hydrogen (secondary N) is 2. The molecule has 1 unspecified atom stereocenters. The van der Waals surface area contributed by atoms with Crippen LogP contribution in [0.2, 0.25) is 0 Å². The van der Waals surface area contributed by atoms with Crippen LogP contribution in [0.1, 0.15) is 42.1 Å². The van der Waals surface area contributed by atoms with Crippen LogP contribution in [0.4, 0.5) is 15.0 Å². The molecule has 2 N–H and O–H groups in total. The number of rotatable bonds is 8. The molecule has 3 aromatic heterocycles. The number of urea groups is 1. The number of carbonyl (C=O) groups is 1. The van der Waals surface area contributed by atoms with Crippen LogP contribution in [-0.4, -0.2) is 50.5 Å². The number of hydrogen-bond donors (Lipinski definition) is 2. The normalized spacial score (nSPS) is 18.7. The van der Waals surface area contributed by atoms with Gasteiger partial charge in [-0.2, -0.15) is 9.49 Å². The van der Waals surface area contributed by atoms with E-state index in [1.807, 2.05) is 50.2 Å². The first-order valence-corrected chi connectivity index (χ1v) is 13.0. The molecule has 1 aromatic carbocycles. The molecule has 0 saturated heterocycles. The van der Waals surface area contributed by atoms with E-state index in [0.29, 0.717) is 29.9 Å². The Labute approximate surface area is 226 Å². The van der Waals surface area contributed by atoms with Gasteiger partial charge in [-0.1, -0.05) is 18.2 Å². The molecule has 2 amide bonds. The van der Waals surface area contributed by atoms with Crippen LogP contribution >= 0.6 is 0 Å². The van der Waals surface area contributed by atoms with Crippen molar-refractivity contribution >= 4 is 11.8 Å². The van der Waals surface area contributed by atoms with Crippen LogP contribution in [0.25, 0.3) is 16.9 Å². The smallest absolute Gasteiger partial charge is 0.320 e. The summed E-state index contributed by atoms with van der Waals surface area (Å²) in [6, 6.07) is 12.4. The number of aryl methyl sites for hydroxylation is 1. The molecule has 5 rings (SSSR count). The third-order valence-corrected chi connectivity index (χ3v) is 7.30. The molecule has 9 nitrogen and oxygen atoms in total. The van der Waals surface area contributed by atoms with Gasteiger partial charge >= 0.3 is 6.03 Å². The average Bonchev–Trinajstić information content (AvgIpc) is 3.49. The molecule has 0 bridgehead atoms. The lowest BCUT2D eigenvalue weighted by Crippen LogP contribution is -2.40. The number of anilines is 1. The highest BCUT2D eigenvalue weighted by Gasteiger charge is 2.36. The van der Waals surface area contributed by atoms with Gasteiger partial charge in [-0.05, 0) is 68.9 Å². The van der Waals surface area contributed by atoms with Gasteiger partial charge in [-0.25, -0.2) is 24.4 Å². The molecule has 3 heterocycles. The number of para-hydroxylation sites is 1. The largest absolute Gasteiger partial charge is 0.385 e. The SMILES string of the molecule is COCC[C@H]1CC(c2ccnc(F)c2)[C@H](NC(=O)Nc2c(C)c(-c3cnc(C)nc3)nn2-c2ccccc2)C1. The molecule has 4 aromatic rings. The Bertz CT molecular complexity index is 1430. The lowest BCUT2D eigenvalue weighted by Gasteiger charge is -2.22. The summed E-state index contributed by atoms with van der Waals surface area (Å²) in [5, 5.41) is 11.0. The first kappa shape index (κ1) is 26.4. The maximum Gasteiger partial charge on any atom is 0.320 e. The topological polar surface area (TPSA) is 107 Å². The van der Waals surface area contributed by atoms with Crippen molar-refractivity contribution in [3.8, 4) is 16.9 Å². The third kappa shape index (κ3) is 5.96. The molecule has 0 radical (unpaired) electrons. The van der Waals surface area contributed by atoms with Crippen LogP contribution < -0.4 is 10.6 Å². The Kier molecular flexibility index (Phi) is 7.92. The minimum atomic E-state index is -0.522. The molecule has 39 heavy (non-hydrogen) atoms. The fourth-order valence-electron chi connectivity index (χ4n) is 5.34. The van der Waals surface area contributed by atoms with Crippen LogP contribution in [0.3, 0.4) is 0 Å². The predicted octanol–water partition coefficient (Wildman–Crippen LogP) is 5.20. The first-order valence-electron chi connectivity index (χ1n) is 13.0. The lowest BCUT2D eigenvalue weighted by molar-refractivity contribution is 0.177. The molecule has 1 aliphatic rings. The van der Waals surface area contributed by atoms with E-state index in [2.05, 4.69) is 25.6 Å². The minimum absolute atomic E-state index is 0.0319. The van der Waals surface area contributed by atoms with Crippen molar-refractivity contribution in [1.82, 2.24) is 30.0 Å². The number of benzene rings is 1. The number of carbonyl (C=O) groups excluding carboxylic acids is 1. The summed E-state index contributed by atoms with van der Waals surface area (Å²) in [6.45, 7) is 4.38. The van der Waals surface area contributed by atoms with Gasteiger partial charge in [-0.3, -0.25) is 5.32 Å². The molecule has 0 spiro atoms. The van der Waals surface area contributed by atoms with Gasteiger partial charge in [0, 0.05) is 55.4 Å². The van der Waals surface area contributed by atoms with E-state index in [1.54, 1.807) is 24.2 Å². The van der Waals surface area contributed by atoms with E-state index in [0.717, 1.165) is 41.6 Å². The number of halogens is 1. The zero-order valence-electron chi connectivity index (χ0n) is 22.3. The molecule has 0 aliphatic heterocycles. The van der Waals surface area contributed by atoms with Crippen LogP contribution in [0.15, 0.2) is 61.1 Å². The quantitative estimate of drug-likeness (QED) is 0.304. The Hall–Kier alpha value is -4.18. The second-order valence-corrected chi connectivity index (χ2v) is 9.93. The van der Waals surface area contributed by atoms with Gasteiger partial charge in [0.25, 0.3) is 0 Å². The summed E-state index contributed by atoms with van der Waals surface area (Å²) in [6.07, 6.45) is 7.41. The van der Waals surface area contributed by atoms with Gasteiger partial charge in [0.15, 0.2) is 0 Å². The Morgan fingerprint density at radius 3 is 2.59 bits per heavy atom. The fraction of sp³-hybridized carbons (Fsp3) is 0.345. The summed E-state index contributed by atoms with van der Waals surface area (Å²) in [5.41, 5.74) is 3.87. The van der Waals surface area contributed by atoms with E-state index in [4.69, 9.17) is 9.84 Å². The van der Waals surface area contributed by atoms with Crippen molar-refractivity contribution in [3.05, 3.63) is 84.0 Å². The van der Waals surface area contributed by atoms with Crippen molar-refractivity contribution in [2.75, 3.05) is 19.0 Å². The Morgan fingerprint density at radius 1 is 1.10 bits per heavy atom. The summed E-state index contributed by atoms with van der Waals surface area (Å²) in [7, 11) is 1.68. The van der Waals surface area contributed by atoms with Crippen molar-refractivity contribution in [2.24, 2.45) is 5.92 Å². The maximum absolute atomic E-state index is 14.0. The van der Waals surface area contributed by atoms with Crippen molar-refractivity contribution in [1.29, 1.82) is 0 Å². The zero-order valence-corrected chi connectivity index (χ0v) is 22.3. The summed E-state index contributed by atoms with van der Waals surface area (Å²) < 4.78 is 21.0. The van der Waals surface area contributed by atoms with E-state index in [9.17, 15) is 9.18 Å². The van der Waals surface area contributed by atoms with E-state index < -0.39 is 5.95 Å². The second kappa shape index (κ2) is 11.7. The van der Waals surface area contributed by atoms with Gasteiger partial charge < -0.3 is 10.1 Å². The lowest BCUT2D eigenvalue weighted by atomic mass is 9.94. The number of amides is 2. The number of ether oxygens (including phenoxy) is 1. The molecule has 1 aliphatic carbocycles. The van der Waals surface area contributed by atoms with Gasteiger partial charge in [-0.15, -0.1) is 0 Å². The van der Waals surface area contributed by atoms with Crippen molar-refractivity contribution in [3.63, 3.8) is 0 Å². The van der Waals surface area contributed by atoms with Gasteiger partial charge in [0.05, 0.1) is 5.69 Å². The highest BCUT2D eigenvalue weighted by molar-refractivity contribution is 5.91. The average molecular weight is 530 g/mol. The standard InChI is InChI=1S/C29H32FN7O2/c1-18-27(22-16-32-19(2)33-17-22)36-37(23-7-5-4-6-8-23)28(18)35-29(38)34-25-14-20(10-12-39-3)13-24(25)21-9-11-31-26(30)15-21/h4-9,11,15-17,20,24-25H,10,12-14H2,1-3H3,(H2,34,35,38)/t20-,24?,25+/m0/s1.